The van der Waals surface area contributed by atoms with E-state index in [1.54, 1.807) is 29.2 Å². The number of hydrogen-bond donors (Lipinski definition) is 2. The highest BCUT2D eigenvalue weighted by molar-refractivity contribution is 6.30. The van der Waals surface area contributed by atoms with Gasteiger partial charge in [-0.25, -0.2) is 4.79 Å². The zero-order valence-electron chi connectivity index (χ0n) is 18.8. The molecular formula is C25H29ClN4O3. The lowest BCUT2D eigenvalue weighted by atomic mass is 10.1. The molecule has 3 aromatic rings. The average molecular weight is 469 g/mol. The molecule has 0 atom stereocenters. The second kappa shape index (κ2) is 10.7. The number of fused-ring (bicyclic) bond motifs is 1. The fourth-order valence-electron chi connectivity index (χ4n) is 4.10. The lowest BCUT2D eigenvalue weighted by molar-refractivity contribution is 0.197. The van der Waals surface area contributed by atoms with Crippen LogP contribution in [-0.4, -0.2) is 53.6 Å². The molecule has 7 nitrogen and oxygen atoms in total. The van der Waals surface area contributed by atoms with Crippen LogP contribution >= 0.6 is 11.6 Å². The van der Waals surface area contributed by atoms with Gasteiger partial charge in [0.25, 0.3) is 5.56 Å². The summed E-state index contributed by atoms with van der Waals surface area (Å²) in [5.74, 6) is 0.743. The fourth-order valence-corrected chi connectivity index (χ4v) is 4.29. The largest absolute Gasteiger partial charge is 0.494 e. The van der Waals surface area contributed by atoms with Crippen LogP contribution in [0.1, 0.15) is 25.3 Å². The van der Waals surface area contributed by atoms with Crippen molar-refractivity contribution < 1.29 is 9.53 Å². The summed E-state index contributed by atoms with van der Waals surface area (Å²) in [5.41, 5.74) is 1.68. The van der Waals surface area contributed by atoms with Gasteiger partial charge in [0.2, 0.25) is 0 Å². The maximum absolute atomic E-state index is 13.2. The van der Waals surface area contributed by atoms with Gasteiger partial charge in [-0.05, 0) is 75.3 Å². The van der Waals surface area contributed by atoms with Crippen molar-refractivity contribution in [3.05, 3.63) is 69.5 Å². The van der Waals surface area contributed by atoms with Crippen molar-refractivity contribution in [2.45, 2.75) is 26.3 Å². The second-order valence-electron chi connectivity index (χ2n) is 8.22. The number of H-pyrrole nitrogens is 1. The Kier molecular flexibility index (Phi) is 7.52. The predicted octanol–water partition coefficient (Wildman–Crippen LogP) is 4.71. The van der Waals surface area contributed by atoms with E-state index in [4.69, 9.17) is 16.3 Å². The van der Waals surface area contributed by atoms with Gasteiger partial charge in [-0.3, -0.25) is 4.79 Å². The highest BCUT2D eigenvalue weighted by atomic mass is 35.5. The molecule has 2 amide bonds. The number of pyridine rings is 1. The van der Waals surface area contributed by atoms with Crippen LogP contribution < -0.4 is 15.6 Å². The Morgan fingerprint density at radius 3 is 2.76 bits per heavy atom. The molecule has 1 aliphatic rings. The Labute approximate surface area is 198 Å². The summed E-state index contributed by atoms with van der Waals surface area (Å²) >= 11 is 6.07. The van der Waals surface area contributed by atoms with Crippen LogP contribution in [0.2, 0.25) is 5.02 Å². The molecule has 174 valence electrons. The number of hydrogen-bond acceptors (Lipinski definition) is 4. The number of aromatic nitrogens is 1. The second-order valence-corrected chi connectivity index (χ2v) is 8.65. The van der Waals surface area contributed by atoms with Crippen LogP contribution in [0.5, 0.6) is 5.75 Å². The van der Waals surface area contributed by atoms with Crippen molar-refractivity contribution in [1.82, 2.24) is 14.8 Å². The van der Waals surface area contributed by atoms with Crippen molar-refractivity contribution in [3.63, 3.8) is 0 Å². The molecule has 1 fully saturated rings. The van der Waals surface area contributed by atoms with Gasteiger partial charge in [0.15, 0.2) is 0 Å². The first-order chi connectivity index (χ1) is 16.0. The lowest BCUT2D eigenvalue weighted by Crippen LogP contribution is -2.41. The van der Waals surface area contributed by atoms with Crippen molar-refractivity contribution in [3.8, 4) is 5.75 Å². The molecule has 1 saturated heterocycles. The Morgan fingerprint density at radius 2 is 2.00 bits per heavy atom. The topological polar surface area (TPSA) is 77.7 Å². The van der Waals surface area contributed by atoms with E-state index in [9.17, 15) is 9.59 Å². The minimum Gasteiger partial charge on any atom is -0.494 e. The number of anilines is 1. The van der Waals surface area contributed by atoms with Gasteiger partial charge in [-0.2, -0.15) is 0 Å². The van der Waals surface area contributed by atoms with Crippen LogP contribution in [0, 0.1) is 0 Å². The molecule has 2 N–H and O–H groups in total. The quantitative estimate of drug-likeness (QED) is 0.502. The van der Waals surface area contributed by atoms with Crippen LogP contribution in [-0.2, 0) is 6.54 Å². The SMILES string of the molecule is CCOc1ccc2[nH]c(=O)c(CN(CCN3CCCC3)C(=O)Nc3cccc(Cl)c3)cc2c1. The monoisotopic (exact) mass is 468 g/mol. The van der Waals surface area contributed by atoms with Crippen molar-refractivity contribution in [2.24, 2.45) is 0 Å². The van der Waals surface area contributed by atoms with E-state index >= 15 is 0 Å². The summed E-state index contributed by atoms with van der Waals surface area (Å²) in [6.07, 6.45) is 2.36. The number of carbonyl (C=O) groups is 1. The predicted molar refractivity (Wildman–Crippen MR) is 132 cm³/mol. The molecule has 1 aliphatic heterocycles. The summed E-state index contributed by atoms with van der Waals surface area (Å²) in [4.78, 5) is 32.9. The highest BCUT2D eigenvalue weighted by Gasteiger charge is 2.19. The lowest BCUT2D eigenvalue weighted by Gasteiger charge is -2.26. The Hall–Kier alpha value is -3.03. The molecule has 0 spiro atoms. The molecule has 4 rings (SSSR count). The number of nitrogens with zero attached hydrogens (tertiary/aromatic N) is 2. The number of amides is 2. The average Bonchev–Trinajstić information content (AvgIpc) is 3.31. The highest BCUT2D eigenvalue weighted by Crippen LogP contribution is 2.20. The number of rotatable bonds is 8. The van der Waals surface area contributed by atoms with E-state index < -0.39 is 0 Å². The number of aromatic amines is 1. The molecule has 1 aromatic heterocycles. The molecule has 0 bridgehead atoms. The number of nitrogens with one attached hydrogen (secondary N) is 2. The molecular weight excluding hydrogens is 440 g/mol. The van der Waals surface area contributed by atoms with Gasteiger partial charge in [-0.15, -0.1) is 0 Å². The van der Waals surface area contributed by atoms with Crippen molar-refractivity contribution >= 4 is 34.2 Å². The smallest absolute Gasteiger partial charge is 0.322 e. The molecule has 0 radical (unpaired) electrons. The number of benzene rings is 2. The Balaban J connectivity index is 1.57. The van der Waals surface area contributed by atoms with Crippen LogP contribution in [0.15, 0.2) is 53.3 Å². The number of urea groups is 1. The third kappa shape index (κ3) is 6.06. The number of carbonyl (C=O) groups excluding carboxylic acids is 1. The van der Waals surface area contributed by atoms with E-state index in [0.29, 0.717) is 29.4 Å². The Morgan fingerprint density at radius 1 is 1.18 bits per heavy atom. The summed E-state index contributed by atoms with van der Waals surface area (Å²) in [7, 11) is 0. The van der Waals surface area contributed by atoms with Gasteiger partial charge in [0.1, 0.15) is 5.75 Å². The maximum atomic E-state index is 13.2. The molecule has 0 aliphatic carbocycles. The van der Waals surface area contributed by atoms with Crippen LogP contribution in [0.25, 0.3) is 10.9 Å². The zero-order valence-corrected chi connectivity index (χ0v) is 19.5. The minimum atomic E-state index is -0.265. The summed E-state index contributed by atoms with van der Waals surface area (Å²) in [6, 6.07) is 14.2. The van der Waals surface area contributed by atoms with E-state index in [1.807, 2.05) is 31.2 Å². The number of halogens is 1. The Bertz CT molecular complexity index is 1170. The molecule has 2 aromatic carbocycles. The number of likely N-dealkylation sites (tertiary alicyclic amines) is 1. The van der Waals surface area contributed by atoms with Gasteiger partial charge in [0.05, 0.1) is 13.2 Å². The first kappa shape index (κ1) is 23.1. The van der Waals surface area contributed by atoms with Gasteiger partial charge < -0.3 is 24.8 Å². The van der Waals surface area contributed by atoms with E-state index in [1.165, 1.54) is 12.8 Å². The molecule has 33 heavy (non-hydrogen) atoms. The maximum Gasteiger partial charge on any atom is 0.322 e. The fraction of sp³-hybridized carbons (Fsp3) is 0.360. The van der Waals surface area contributed by atoms with Gasteiger partial charge in [-0.1, -0.05) is 17.7 Å². The molecule has 8 heteroatoms. The molecule has 2 heterocycles. The molecule has 0 unspecified atom stereocenters. The molecule has 0 saturated carbocycles. The normalized spacial score (nSPS) is 13.9. The van der Waals surface area contributed by atoms with E-state index in [-0.39, 0.29) is 18.1 Å². The van der Waals surface area contributed by atoms with Crippen molar-refractivity contribution in [1.29, 1.82) is 0 Å². The summed E-state index contributed by atoms with van der Waals surface area (Å²) in [5, 5.41) is 4.33. The van der Waals surface area contributed by atoms with E-state index in [2.05, 4.69) is 15.2 Å². The first-order valence-electron chi connectivity index (χ1n) is 11.3. The van der Waals surface area contributed by atoms with Crippen LogP contribution in [0.4, 0.5) is 10.5 Å². The first-order valence-corrected chi connectivity index (χ1v) is 11.7. The third-order valence-electron chi connectivity index (χ3n) is 5.81. The minimum absolute atomic E-state index is 0.199. The summed E-state index contributed by atoms with van der Waals surface area (Å²) in [6.45, 7) is 6.06. The number of ether oxygens (including phenoxy) is 1. The standard InChI is InChI=1S/C25H29ClN4O3/c1-2-33-22-8-9-23-18(15-22)14-19(24(31)28-23)17-30(13-12-29-10-3-4-11-29)25(32)27-21-7-5-6-20(26)16-21/h5-9,14-16H,2-4,10-13,17H2,1H3,(H,27,32)(H,28,31). The van der Waals surface area contributed by atoms with Crippen molar-refractivity contribution in [2.75, 3.05) is 38.1 Å². The van der Waals surface area contributed by atoms with E-state index in [0.717, 1.165) is 36.3 Å². The van der Waals surface area contributed by atoms with Gasteiger partial charge in [0, 0.05) is 40.3 Å². The van der Waals surface area contributed by atoms with Gasteiger partial charge >= 0.3 is 6.03 Å². The summed E-state index contributed by atoms with van der Waals surface area (Å²) < 4.78 is 5.59. The van der Waals surface area contributed by atoms with Crippen LogP contribution in [0.3, 0.4) is 0 Å². The zero-order chi connectivity index (χ0) is 23.2. The third-order valence-corrected chi connectivity index (χ3v) is 6.05.